The number of rotatable bonds is 5. The number of para-hydroxylation sites is 1. The summed E-state index contributed by atoms with van der Waals surface area (Å²) in [5, 5.41) is 0. The summed E-state index contributed by atoms with van der Waals surface area (Å²) in [4.78, 5) is 17.2. The lowest BCUT2D eigenvalue weighted by atomic mass is 10.1. The molecule has 1 aliphatic heterocycles. The average Bonchev–Trinajstić information content (AvgIpc) is 3.52. The molecule has 148 valence electrons. The largest absolute Gasteiger partial charge is 0.368 e. The number of nitrogens with one attached hydrogen (secondary N) is 1. The van der Waals surface area contributed by atoms with Gasteiger partial charge in [-0.25, -0.2) is 13.1 Å². The number of piperazine rings is 1. The second-order valence-electron chi connectivity index (χ2n) is 7.15. The lowest BCUT2D eigenvalue weighted by Crippen LogP contribution is -2.48. The van der Waals surface area contributed by atoms with Gasteiger partial charge in [-0.05, 0) is 59.1 Å². The van der Waals surface area contributed by atoms with Gasteiger partial charge < -0.3 is 9.80 Å². The van der Waals surface area contributed by atoms with Crippen LogP contribution in [-0.4, -0.2) is 51.4 Å². The van der Waals surface area contributed by atoms with E-state index in [1.165, 1.54) is 12.1 Å². The Morgan fingerprint density at radius 1 is 1.00 bits per heavy atom. The molecule has 1 heterocycles. The maximum atomic E-state index is 13.0. The number of halogens is 1. The maximum Gasteiger partial charge on any atom is 0.255 e. The van der Waals surface area contributed by atoms with Crippen molar-refractivity contribution < 1.29 is 13.2 Å². The topological polar surface area (TPSA) is 69.7 Å². The molecule has 1 aliphatic carbocycles. The summed E-state index contributed by atoms with van der Waals surface area (Å²) >= 11 is 3.40. The summed E-state index contributed by atoms with van der Waals surface area (Å²) in [7, 11) is -3.60. The van der Waals surface area contributed by atoms with Crippen LogP contribution in [0.2, 0.25) is 0 Å². The lowest BCUT2D eigenvalue weighted by molar-refractivity contribution is 0.0745. The zero-order valence-electron chi connectivity index (χ0n) is 15.3. The van der Waals surface area contributed by atoms with E-state index in [1.807, 2.05) is 18.2 Å². The zero-order valence-corrected chi connectivity index (χ0v) is 17.7. The van der Waals surface area contributed by atoms with E-state index < -0.39 is 10.0 Å². The first-order valence-corrected chi connectivity index (χ1v) is 11.6. The van der Waals surface area contributed by atoms with E-state index in [9.17, 15) is 13.2 Å². The molecule has 2 aliphatic rings. The van der Waals surface area contributed by atoms with Gasteiger partial charge in [-0.3, -0.25) is 4.79 Å². The molecule has 1 amide bonds. The number of nitrogens with zero attached hydrogens (tertiary/aromatic N) is 2. The number of hydrogen-bond acceptors (Lipinski definition) is 4. The molecule has 0 unspecified atom stereocenters. The second-order valence-corrected chi connectivity index (χ2v) is 9.72. The maximum absolute atomic E-state index is 13.0. The molecule has 28 heavy (non-hydrogen) atoms. The van der Waals surface area contributed by atoms with Crippen molar-refractivity contribution in [1.29, 1.82) is 0 Å². The Kier molecular flexibility index (Phi) is 5.44. The monoisotopic (exact) mass is 463 g/mol. The van der Waals surface area contributed by atoms with Crippen molar-refractivity contribution in [2.45, 2.75) is 23.8 Å². The summed E-state index contributed by atoms with van der Waals surface area (Å²) in [6.45, 7) is 2.68. The van der Waals surface area contributed by atoms with Crippen LogP contribution in [0.4, 0.5) is 5.69 Å². The summed E-state index contributed by atoms with van der Waals surface area (Å²) in [5.41, 5.74) is 1.53. The third-order valence-corrected chi connectivity index (χ3v) is 7.28. The molecule has 2 aromatic rings. The van der Waals surface area contributed by atoms with Gasteiger partial charge in [0.1, 0.15) is 0 Å². The highest BCUT2D eigenvalue weighted by molar-refractivity contribution is 9.10. The molecule has 0 radical (unpaired) electrons. The number of hydrogen-bond donors (Lipinski definition) is 1. The number of benzene rings is 2. The van der Waals surface area contributed by atoms with Gasteiger partial charge in [0, 0.05) is 42.4 Å². The molecule has 6 nitrogen and oxygen atoms in total. The Hall–Kier alpha value is -1.90. The molecule has 0 spiro atoms. The molecule has 8 heteroatoms. The van der Waals surface area contributed by atoms with Crippen molar-refractivity contribution in [2.75, 3.05) is 31.1 Å². The highest BCUT2D eigenvalue weighted by Gasteiger charge is 2.29. The molecule has 4 rings (SSSR count). The van der Waals surface area contributed by atoms with Crippen molar-refractivity contribution in [1.82, 2.24) is 9.62 Å². The molecule has 1 saturated heterocycles. The van der Waals surface area contributed by atoms with Gasteiger partial charge in [-0.2, -0.15) is 0 Å². The summed E-state index contributed by atoms with van der Waals surface area (Å²) < 4.78 is 28.2. The fourth-order valence-corrected chi connectivity index (χ4v) is 5.05. The number of carbonyl (C=O) groups excluding carboxylic acids is 1. The van der Waals surface area contributed by atoms with Crippen LogP contribution in [0.1, 0.15) is 23.2 Å². The molecule has 0 bridgehead atoms. The number of sulfonamides is 1. The van der Waals surface area contributed by atoms with Gasteiger partial charge in [0.15, 0.2) is 0 Å². The fraction of sp³-hybridized carbons (Fsp3) is 0.350. The van der Waals surface area contributed by atoms with Crippen molar-refractivity contribution in [2.24, 2.45) is 0 Å². The van der Waals surface area contributed by atoms with Crippen LogP contribution >= 0.6 is 15.9 Å². The molecule has 1 N–H and O–H groups in total. The second kappa shape index (κ2) is 7.85. The summed E-state index contributed by atoms with van der Waals surface area (Å²) in [6, 6.07) is 14.8. The van der Waals surface area contributed by atoms with E-state index in [-0.39, 0.29) is 16.8 Å². The first-order chi connectivity index (χ1) is 13.4. The van der Waals surface area contributed by atoms with E-state index in [1.54, 1.807) is 11.0 Å². The van der Waals surface area contributed by atoms with Gasteiger partial charge in [-0.15, -0.1) is 0 Å². The van der Waals surface area contributed by atoms with E-state index in [0.717, 1.165) is 31.6 Å². The number of anilines is 1. The van der Waals surface area contributed by atoms with E-state index in [4.69, 9.17) is 0 Å². The highest BCUT2D eigenvalue weighted by atomic mass is 79.9. The van der Waals surface area contributed by atoms with Gasteiger partial charge >= 0.3 is 0 Å². The fourth-order valence-electron chi connectivity index (χ4n) is 3.30. The molecule has 2 fully saturated rings. The van der Waals surface area contributed by atoms with Gasteiger partial charge in [0.05, 0.1) is 10.5 Å². The Morgan fingerprint density at radius 2 is 1.68 bits per heavy atom. The Bertz CT molecular complexity index is 969. The van der Waals surface area contributed by atoms with Crippen LogP contribution in [0, 0.1) is 0 Å². The van der Waals surface area contributed by atoms with Crippen LogP contribution in [-0.2, 0) is 10.0 Å². The van der Waals surface area contributed by atoms with Gasteiger partial charge in [0.25, 0.3) is 5.91 Å². The minimum atomic E-state index is -3.60. The summed E-state index contributed by atoms with van der Waals surface area (Å²) in [5.74, 6) is -0.150. The van der Waals surface area contributed by atoms with E-state index in [0.29, 0.717) is 23.1 Å². The predicted octanol–water partition coefficient (Wildman–Crippen LogP) is 2.85. The van der Waals surface area contributed by atoms with Crippen molar-refractivity contribution in [3.8, 4) is 0 Å². The first kappa shape index (κ1) is 19.4. The Labute approximate surface area is 173 Å². The van der Waals surface area contributed by atoms with Crippen molar-refractivity contribution >= 4 is 37.5 Å². The molecule has 0 atom stereocenters. The summed E-state index contributed by atoms with van der Waals surface area (Å²) in [6.07, 6.45) is 1.74. The quantitative estimate of drug-likeness (QED) is 0.739. The minimum absolute atomic E-state index is 0.0267. The molecule has 1 saturated carbocycles. The highest BCUT2D eigenvalue weighted by Crippen LogP contribution is 2.26. The molecular formula is C20H22BrN3O3S. The van der Waals surface area contributed by atoms with Crippen LogP contribution in [0.5, 0.6) is 0 Å². The molecular weight excluding hydrogens is 442 g/mol. The van der Waals surface area contributed by atoms with Crippen LogP contribution in [0.3, 0.4) is 0 Å². The zero-order chi connectivity index (χ0) is 19.7. The smallest absolute Gasteiger partial charge is 0.255 e. The van der Waals surface area contributed by atoms with Crippen LogP contribution < -0.4 is 9.62 Å². The van der Waals surface area contributed by atoms with Crippen molar-refractivity contribution in [3.63, 3.8) is 0 Å². The van der Waals surface area contributed by atoms with Gasteiger partial charge in [-0.1, -0.05) is 18.2 Å². The van der Waals surface area contributed by atoms with E-state index in [2.05, 4.69) is 37.7 Å². The van der Waals surface area contributed by atoms with Crippen LogP contribution in [0.25, 0.3) is 0 Å². The van der Waals surface area contributed by atoms with Crippen molar-refractivity contribution in [3.05, 3.63) is 58.6 Å². The third kappa shape index (κ3) is 4.24. The number of carbonyl (C=O) groups is 1. The van der Waals surface area contributed by atoms with Gasteiger partial charge in [0.2, 0.25) is 10.0 Å². The Morgan fingerprint density at radius 3 is 2.32 bits per heavy atom. The number of amides is 1. The van der Waals surface area contributed by atoms with Crippen LogP contribution in [0.15, 0.2) is 57.9 Å². The SMILES string of the molecule is O=C(c1cc(S(=O)(=O)NC2CC2)ccc1Br)N1CCN(c2ccccc2)CC1. The third-order valence-electron chi connectivity index (χ3n) is 5.07. The molecule has 0 aromatic heterocycles. The minimum Gasteiger partial charge on any atom is -0.368 e. The average molecular weight is 464 g/mol. The lowest BCUT2D eigenvalue weighted by Gasteiger charge is -2.36. The standard InChI is InChI=1S/C20H22BrN3O3S/c21-19-9-8-17(28(26,27)22-15-6-7-15)14-18(19)20(25)24-12-10-23(11-13-24)16-4-2-1-3-5-16/h1-5,8-9,14-15,22H,6-7,10-13H2. The first-order valence-electron chi connectivity index (χ1n) is 9.35. The molecule has 2 aromatic carbocycles. The van der Waals surface area contributed by atoms with E-state index >= 15 is 0 Å². The predicted molar refractivity (Wildman–Crippen MR) is 112 cm³/mol. The normalized spacial score (nSPS) is 17.6. The Balaban J connectivity index is 1.48.